The van der Waals surface area contributed by atoms with E-state index in [2.05, 4.69) is 29.2 Å². The highest BCUT2D eigenvalue weighted by Crippen LogP contribution is 2.19. The second kappa shape index (κ2) is 5.83. The summed E-state index contributed by atoms with van der Waals surface area (Å²) in [5, 5.41) is 0. The van der Waals surface area contributed by atoms with Crippen LogP contribution >= 0.6 is 0 Å². The van der Waals surface area contributed by atoms with E-state index in [9.17, 15) is 4.79 Å². The molecule has 0 saturated heterocycles. The summed E-state index contributed by atoms with van der Waals surface area (Å²) < 4.78 is 4.84. The minimum absolute atomic E-state index is 0.153. The second-order valence-corrected chi connectivity index (χ2v) is 4.63. The van der Waals surface area contributed by atoms with Gasteiger partial charge in [-0.2, -0.15) is 0 Å². The fourth-order valence-corrected chi connectivity index (χ4v) is 2.36. The van der Waals surface area contributed by atoms with Crippen LogP contribution in [0.5, 0.6) is 0 Å². The number of methoxy groups -OCH3 is 1. The first-order chi connectivity index (χ1) is 8.72. The molecule has 1 aliphatic heterocycles. The molecule has 1 aromatic rings. The first-order valence-corrected chi connectivity index (χ1v) is 6.22. The fraction of sp³-hybridized carbons (Fsp3) is 0.400. The van der Waals surface area contributed by atoms with Crippen LogP contribution < -0.4 is 0 Å². The highest BCUT2D eigenvalue weighted by atomic mass is 16.5. The largest absolute Gasteiger partial charge is 0.468 e. The molecule has 0 amide bonds. The van der Waals surface area contributed by atoms with Gasteiger partial charge >= 0.3 is 5.97 Å². The lowest BCUT2D eigenvalue weighted by atomic mass is 9.97. The van der Waals surface area contributed by atoms with E-state index in [0.29, 0.717) is 0 Å². The molecule has 0 N–H and O–H groups in total. The van der Waals surface area contributed by atoms with Crippen molar-refractivity contribution in [2.24, 2.45) is 0 Å². The summed E-state index contributed by atoms with van der Waals surface area (Å²) in [4.78, 5) is 13.8. The lowest BCUT2D eigenvalue weighted by Gasteiger charge is -2.34. The Kier molecular flexibility index (Phi) is 4.15. The highest BCUT2D eigenvalue weighted by Gasteiger charge is 2.29. The van der Waals surface area contributed by atoms with Crippen molar-refractivity contribution in [3.63, 3.8) is 0 Å². The minimum Gasteiger partial charge on any atom is -0.468 e. The van der Waals surface area contributed by atoms with Gasteiger partial charge in [0.15, 0.2) is 0 Å². The number of carbonyl (C=O) groups is 1. The molecule has 0 aromatic heterocycles. The van der Waals surface area contributed by atoms with E-state index in [1.807, 2.05) is 25.2 Å². The van der Waals surface area contributed by atoms with Crippen LogP contribution in [-0.2, 0) is 16.0 Å². The Morgan fingerprint density at radius 2 is 2.11 bits per heavy atom. The first-order valence-electron chi connectivity index (χ1n) is 6.22. The molecule has 0 radical (unpaired) electrons. The van der Waals surface area contributed by atoms with Crippen LogP contribution in [0.4, 0.5) is 0 Å². The summed E-state index contributed by atoms with van der Waals surface area (Å²) in [7, 11) is 3.43. The van der Waals surface area contributed by atoms with Crippen molar-refractivity contribution < 1.29 is 9.53 Å². The van der Waals surface area contributed by atoms with E-state index in [1.165, 1.54) is 12.7 Å². The van der Waals surface area contributed by atoms with Crippen molar-refractivity contribution in [1.29, 1.82) is 0 Å². The number of hydrogen-bond donors (Lipinski definition) is 0. The van der Waals surface area contributed by atoms with E-state index in [0.717, 1.165) is 12.8 Å². The van der Waals surface area contributed by atoms with E-state index < -0.39 is 0 Å². The van der Waals surface area contributed by atoms with Crippen LogP contribution in [0.1, 0.15) is 12.0 Å². The Balaban J connectivity index is 2.07. The first kappa shape index (κ1) is 12.8. The minimum atomic E-state index is -0.159. The number of hydrogen-bond acceptors (Lipinski definition) is 3. The van der Waals surface area contributed by atoms with Crippen molar-refractivity contribution >= 4 is 5.97 Å². The van der Waals surface area contributed by atoms with Crippen LogP contribution in [0.2, 0.25) is 0 Å². The normalized spacial score (nSPS) is 23.9. The van der Waals surface area contributed by atoms with Crippen molar-refractivity contribution in [2.45, 2.75) is 24.9 Å². The zero-order valence-electron chi connectivity index (χ0n) is 10.9. The number of benzene rings is 1. The summed E-state index contributed by atoms with van der Waals surface area (Å²) in [6, 6.07) is 10.4. The van der Waals surface area contributed by atoms with Gasteiger partial charge in [-0.3, -0.25) is 9.69 Å². The Labute approximate surface area is 108 Å². The number of nitrogens with zero attached hydrogens (tertiary/aromatic N) is 1. The van der Waals surface area contributed by atoms with Gasteiger partial charge in [0.1, 0.15) is 6.04 Å². The molecule has 0 fully saturated rings. The molecule has 1 aliphatic rings. The molecule has 96 valence electrons. The van der Waals surface area contributed by atoms with Crippen molar-refractivity contribution in [3.8, 4) is 0 Å². The Morgan fingerprint density at radius 1 is 1.39 bits per heavy atom. The summed E-state index contributed by atoms with van der Waals surface area (Å²) in [6.45, 7) is 0. The van der Waals surface area contributed by atoms with Gasteiger partial charge in [0.2, 0.25) is 0 Å². The van der Waals surface area contributed by atoms with Crippen LogP contribution in [-0.4, -0.2) is 37.1 Å². The molecule has 3 nitrogen and oxygen atoms in total. The maximum absolute atomic E-state index is 11.7. The van der Waals surface area contributed by atoms with Gasteiger partial charge in [-0.25, -0.2) is 0 Å². The van der Waals surface area contributed by atoms with Gasteiger partial charge in [0.05, 0.1) is 7.11 Å². The molecule has 0 aliphatic carbocycles. The van der Waals surface area contributed by atoms with Crippen LogP contribution in [0.25, 0.3) is 0 Å². The average molecular weight is 245 g/mol. The average Bonchev–Trinajstić information content (AvgIpc) is 2.41. The zero-order valence-corrected chi connectivity index (χ0v) is 10.9. The van der Waals surface area contributed by atoms with Gasteiger partial charge in [0.25, 0.3) is 0 Å². The van der Waals surface area contributed by atoms with E-state index in [-0.39, 0.29) is 18.1 Å². The predicted octanol–water partition coefficient (Wildman–Crippen LogP) is 2.03. The summed E-state index contributed by atoms with van der Waals surface area (Å²) in [6.07, 6.45) is 5.90. The molecule has 3 heteroatoms. The highest BCUT2D eigenvalue weighted by molar-refractivity contribution is 5.76. The quantitative estimate of drug-likeness (QED) is 0.603. The summed E-state index contributed by atoms with van der Waals surface area (Å²) in [5.74, 6) is -0.153. The van der Waals surface area contributed by atoms with E-state index in [1.54, 1.807) is 0 Å². The molecule has 0 spiro atoms. The number of ether oxygens (including phenoxy) is 1. The molecule has 0 bridgehead atoms. The Bertz CT molecular complexity index is 427. The van der Waals surface area contributed by atoms with Gasteiger partial charge in [-0.05, 0) is 25.5 Å². The molecule has 2 unspecified atom stereocenters. The Morgan fingerprint density at radius 3 is 2.78 bits per heavy atom. The third-order valence-corrected chi connectivity index (χ3v) is 3.49. The molecule has 0 saturated carbocycles. The molecule has 1 heterocycles. The third-order valence-electron chi connectivity index (χ3n) is 3.49. The van der Waals surface area contributed by atoms with Crippen LogP contribution in [0.3, 0.4) is 0 Å². The molecule has 1 aromatic carbocycles. The third kappa shape index (κ3) is 2.79. The number of esters is 1. The van der Waals surface area contributed by atoms with Gasteiger partial charge in [-0.15, -0.1) is 0 Å². The topological polar surface area (TPSA) is 29.5 Å². The van der Waals surface area contributed by atoms with Crippen molar-refractivity contribution in [3.05, 3.63) is 48.0 Å². The SMILES string of the molecule is COC(=O)C1CC=CC(Cc2ccccc2)N1C. The molecule has 2 atom stereocenters. The fourth-order valence-electron chi connectivity index (χ4n) is 2.36. The van der Waals surface area contributed by atoms with E-state index >= 15 is 0 Å². The zero-order chi connectivity index (χ0) is 13.0. The molecular formula is C15H19NO2. The van der Waals surface area contributed by atoms with Gasteiger partial charge < -0.3 is 4.74 Å². The van der Waals surface area contributed by atoms with Crippen LogP contribution in [0, 0.1) is 0 Å². The molecule has 18 heavy (non-hydrogen) atoms. The van der Waals surface area contributed by atoms with Gasteiger partial charge in [-0.1, -0.05) is 42.5 Å². The lowest BCUT2D eigenvalue weighted by molar-refractivity contribution is -0.147. The molecular weight excluding hydrogens is 226 g/mol. The maximum Gasteiger partial charge on any atom is 0.323 e. The number of rotatable bonds is 3. The molecule has 2 rings (SSSR count). The van der Waals surface area contributed by atoms with Gasteiger partial charge in [0, 0.05) is 6.04 Å². The predicted molar refractivity (Wildman–Crippen MR) is 71.3 cm³/mol. The van der Waals surface area contributed by atoms with Crippen molar-refractivity contribution in [2.75, 3.05) is 14.2 Å². The lowest BCUT2D eigenvalue weighted by Crippen LogP contribution is -2.47. The smallest absolute Gasteiger partial charge is 0.323 e. The number of carbonyl (C=O) groups excluding carboxylic acids is 1. The second-order valence-electron chi connectivity index (χ2n) is 4.63. The summed E-state index contributed by atoms with van der Waals surface area (Å²) >= 11 is 0. The monoisotopic (exact) mass is 245 g/mol. The number of likely N-dealkylation sites (N-methyl/N-ethyl adjacent to an activating group) is 1. The van der Waals surface area contributed by atoms with Crippen molar-refractivity contribution in [1.82, 2.24) is 4.90 Å². The van der Waals surface area contributed by atoms with Crippen LogP contribution in [0.15, 0.2) is 42.5 Å². The summed E-state index contributed by atoms with van der Waals surface area (Å²) in [5.41, 5.74) is 1.28. The Hall–Kier alpha value is -1.61. The van der Waals surface area contributed by atoms with E-state index in [4.69, 9.17) is 4.74 Å². The standard InChI is InChI=1S/C15H19NO2/c1-16-13(11-12-7-4-3-5-8-12)9-6-10-14(16)15(17)18-2/h3-9,13-14H,10-11H2,1-2H3. The maximum atomic E-state index is 11.7.